The molecule has 0 bridgehead atoms. The number of carbonyl (C=O) groups excluding carboxylic acids is 1. The predicted octanol–water partition coefficient (Wildman–Crippen LogP) is 2.00. The largest absolute Gasteiger partial charge is 0.481 e. The van der Waals surface area contributed by atoms with Gasteiger partial charge in [-0.1, -0.05) is 0 Å². The number of amides is 1. The highest BCUT2D eigenvalue weighted by Gasteiger charge is 2.28. The van der Waals surface area contributed by atoms with Crippen molar-refractivity contribution < 1.29 is 14.7 Å². The lowest BCUT2D eigenvalue weighted by Crippen LogP contribution is -2.42. The summed E-state index contributed by atoms with van der Waals surface area (Å²) in [5, 5.41) is 9.11. The molecule has 1 unspecified atom stereocenters. The maximum atomic E-state index is 12.5. The van der Waals surface area contributed by atoms with Crippen LogP contribution in [0, 0.1) is 12.8 Å². The molecule has 0 spiro atoms. The first-order valence-electron chi connectivity index (χ1n) is 7.20. The first kappa shape index (κ1) is 15.4. The molecule has 1 aliphatic heterocycles. The van der Waals surface area contributed by atoms with Crippen LogP contribution >= 0.6 is 0 Å². The molecule has 1 atom stereocenters. The summed E-state index contributed by atoms with van der Waals surface area (Å²) < 4.78 is 0. The van der Waals surface area contributed by atoms with Gasteiger partial charge in [0.15, 0.2) is 0 Å². The van der Waals surface area contributed by atoms with E-state index in [2.05, 4.69) is 0 Å². The van der Waals surface area contributed by atoms with Crippen LogP contribution in [0.4, 0.5) is 5.69 Å². The Kier molecular flexibility index (Phi) is 4.50. The van der Waals surface area contributed by atoms with Gasteiger partial charge in [-0.2, -0.15) is 0 Å². The molecule has 1 aromatic carbocycles. The van der Waals surface area contributed by atoms with Gasteiger partial charge in [0.1, 0.15) is 0 Å². The highest BCUT2D eigenvalue weighted by atomic mass is 16.4. The number of rotatable bonds is 3. The van der Waals surface area contributed by atoms with E-state index in [-0.39, 0.29) is 5.91 Å². The fraction of sp³-hybridized carbons (Fsp3) is 0.500. The predicted molar refractivity (Wildman–Crippen MR) is 81.8 cm³/mol. The van der Waals surface area contributed by atoms with Gasteiger partial charge < -0.3 is 14.9 Å². The van der Waals surface area contributed by atoms with E-state index in [4.69, 9.17) is 5.11 Å². The Balaban J connectivity index is 2.16. The summed E-state index contributed by atoms with van der Waals surface area (Å²) in [6.07, 6.45) is 1.40. The monoisotopic (exact) mass is 290 g/mol. The fourth-order valence-electron chi connectivity index (χ4n) is 2.84. The molecule has 1 aliphatic rings. The number of aliphatic carboxylic acids is 1. The van der Waals surface area contributed by atoms with Crippen LogP contribution in [0.15, 0.2) is 18.2 Å². The molecule has 1 N–H and O–H groups in total. The zero-order chi connectivity index (χ0) is 15.6. The maximum Gasteiger partial charge on any atom is 0.308 e. The third kappa shape index (κ3) is 3.35. The number of anilines is 1. The van der Waals surface area contributed by atoms with Crippen LogP contribution in [0.25, 0.3) is 0 Å². The topological polar surface area (TPSA) is 60.9 Å². The molecule has 1 saturated heterocycles. The van der Waals surface area contributed by atoms with Crippen molar-refractivity contribution in [2.24, 2.45) is 5.92 Å². The van der Waals surface area contributed by atoms with E-state index in [9.17, 15) is 9.59 Å². The van der Waals surface area contributed by atoms with Crippen molar-refractivity contribution in [2.45, 2.75) is 19.8 Å². The summed E-state index contributed by atoms with van der Waals surface area (Å²) in [5.74, 6) is -1.33. The number of hydrogen-bond acceptors (Lipinski definition) is 3. The van der Waals surface area contributed by atoms with E-state index in [0.717, 1.165) is 17.7 Å². The van der Waals surface area contributed by atoms with Gasteiger partial charge in [-0.15, -0.1) is 0 Å². The van der Waals surface area contributed by atoms with Crippen LogP contribution in [0.5, 0.6) is 0 Å². The Bertz CT molecular complexity index is 554. The van der Waals surface area contributed by atoms with E-state index in [1.807, 2.05) is 44.1 Å². The van der Waals surface area contributed by atoms with E-state index < -0.39 is 11.9 Å². The van der Waals surface area contributed by atoms with E-state index in [1.54, 1.807) is 4.90 Å². The molecule has 5 nitrogen and oxygen atoms in total. The van der Waals surface area contributed by atoms with Crippen LogP contribution in [0.2, 0.25) is 0 Å². The standard InChI is InChI=1S/C16H22N2O3/c1-11-9-12(6-7-14(11)17(2)3)15(19)18-8-4-5-13(10-18)16(20)21/h6-7,9,13H,4-5,8,10H2,1-3H3,(H,20,21). The Hall–Kier alpha value is -2.04. The van der Waals surface area contributed by atoms with E-state index in [0.29, 0.717) is 25.1 Å². The van der Waals surface area contributed by atoms with Gasteiger partial charge in [-0.25, -0.2) is 0 Å². The zero-order valence-electron chi connectivity index (χ0n) is 12.8. The number of carboxylic acid groups (broad SMARTS) is 1. The molecule has 1 fully saturated rings. The number of carboxylic acids is 1. The van der Waals surface area contributed by atoms with Gasteiger partial charge in [-0.3, -0.25) is 9.59 Å². The molecule has 0 aliphatic carbocycles. The van der Waals surface area contributed by atoms with Crippen molar-refractivity contribution in [1.29, 1.82) is 0 Å². The van der Waals surface area contributed by atoms with Crippen molar-refractivity contribution in [2.75, 3.05) is 32.1 Å². The first-order valence-corrected chi connectivity index (χ1v) is 7.20. The minimum atomic E-state index is -0.813. The summed E-state index contributed by atoms with van der Waals surface area (Å²) in [5.41, 5.74) is 2.75. The van der Waals surface area contributed by atoms with Crippen molar-refractivity contribution in [1.82, 2.24) is 4.90 Å². The quantitative estimate of drug-likeness (QED) is 0.925. The van der Waals surface area contributed by atoms with E-state index in [1.165, 1.54) is 0 Å². The van der Waals surface area contributed by atoms with Crippen molar-refractivity contribution in [3.8, 4) is 0 Å². The lowest BCUT2D eigenvalue weighted by atomic mass is 9.97. The summed E-state index contributed by atoms with van der Waals surface area (Å²) in [7, 11) is 3.93. The Morgan fingerprint density at radius 2 is 2.05 bits per heavy atom. The van der Waals surface area contributed by atoms with Gasteiger partial charge in [0.25, 0.3) is 5.91 Å². The SMILES string of the molecule is Cc1cc(C(=O)N2CCCC(C(=O)O)C2)ccc1N(C)C. The Labute approximate surface area is 125 Å². The first-order chi connectivity index (χ1) is 9.90. The molecular formula is C16H22N2O3. The summed E-state index contributed by atoms with van der Waals surface area (Å²) >= 11 is 0. The molecule has 1 heterocycles. The maximum absolute atomic E-state index is 12.5. The highest BCUT2D eigenvalue weighted by molar-refractivity contribution is 5.95. The van der Waals surface area contributed by atoms with Gasteiger partial charge in [-0.05, 0) is 43.5 Å². The van der Waals surface area contributed by atoms with Crippen LogP contribution < -0.4 is 4.90 Å². The molecule has 21 heavy (non-hydrogen) atoms. The summed E-state index contributed by atoms with van der Waals surface area (Å²) in [4.78, 5) is 27.3. The van der Waals surface area contributed by atoms with E-state index >= 15 is 0 Å². The smallest absolute Gasteiger partial charge is 0.308 e. The number of piperidine rings is 1. The minimum Gasteiger partial charge on any atom is -0.481 e. The Morgan fingerprint density at radius 1 is 1.33 bits per heavy atom. The molecule has 114 valence electrons. The third-order valence-electron chi connectivity index (χ3n) is 3.98. The average molecular weight is 290 g/mol. The van der Waals surface area contributed by atoms with Crippen molar-refractivity contribution >= 4 is 17.6 Å². The molecule has 0 aromatic heterocycles. The second-order valence-electron chi connectivity index (χ2n) is 5.82. The number of carbonyl (C=O) groups is 2. The number of hydrogen-bond donors (Lipinski definition) is 1. The minimum absolute atomic E-state index is 0.0747. The van der Waals surface area contributed by atoms with Crippen LogP contribution in [-0.4, -0.2) is 49.1 Å². The van der Waals surface area contributed by atoms with Crippen LogP contribution in [-0.2, 0) is 4.79 Å². The molecule has 2 rings (SSSR count). The highest BCUT2D eigenvalue weighted by Crippen LogP contribution is 2.22. The molecule has 5 heteroatoms. The van der Waals surface area contributed by atoms with Gasteiger partial charge in [0, 0.05) is 38.4 Å². The van der Waals surface area contributed by atoms with Crippen LogP contribution in [0.3, 0.4) is 0 Å². The summed E-state index contributed by atoms with van der Waals surface area (Å²) in [6.45, 7) is 2.92. The van der Waals surface area contributed by atoms with Gasteiger partial charge in [0.2, 0.25) is 0 Å². The third-order valence-corrected chi connectivity index (χ3v) is 3.98. The Morgan fingerprint density at radius 3 is 2.62 bits per heavy atom. The van der Waals surface area contributed by atoms with Crippen molar-refractivity contribution in [3.05, 3.63) is 29.3 Å². The number of benzene rings is 1. The van der Waals surface area contributed by atoms with Crippen molar-refractivity contribution in [3.63, 3.8) is 0 Å². The lowest BCUT2D eigenvalue weighted by molar-refractivity contribution is -0.143. The lowest BCUT2D eigenvalue weighted by Gasteiger charge is -2.31. The average Bonchev–Trinajstić information content (AvgIpc) is 2.46. The molecule has 1 amide bonds. The zero-order valence-corrected chi connectivity index (χ0v) is 12.8. The summed E-state index contributed by atoms with van der Waals surface area (Å²) in [6, 6.07) is 5.62. The van der Waals surface area contributed by atoms with Gasteiger partial charge >= 0.3 is 5.97 Å². The molecule has 0 radical (unpaired) electrons. The number of nitrogens with zero attached hydrogens (tertiary/aromatic N) is 2. The number of aryl methyl sites for hydroxylation is 1. The number of likely N-dealkylation sites (tertiary alicyclic amines) is 1. The molecule has 1 aromatic rings. The molecule has 0 saturated carbocycles. The normalized spacial score (nSPS) is 18.4. The fourth-order valence-corrected chi connectivity index (χ4v) is 2.84. The van der Waals surface area contributed by atoms with Gasteiger partial charge in [0.05, 0.1) is 5.92 Å². The van der Waals surface area contributed by atoms with Crippen LogP contribution in [0.1, 0.15) is 28.8 Å². The second-order valence-corrected chi connectivity index (χ2v) is 5.82. The molecular weight excluding hydrogens is 268 g/mol. The second kappa shape index (κ2) is 6.16.